The van der Waals surface area contributed by atoms with Crippen LogP contribution in [0.1, 0.15) is 22.3 Å². The molecule has 6 heteroatoms. The minimum Gasteiger partial charge on any atom is -0.497 e. The Kier molecular flexibility index (Phi) is 8.59. The van der Waals surface area contributed by atoms with Gasteiger partial charge in [-0.05, 0) is 24.3 Å². The Morgan fingerprint density at radius 3 is 0.952 bits per heavy atom. The van der Waals surface area contributed by atoms with Crippen molar-refractivity contribution < 1.29 is 19.7 Å². The standard InChI is InChI=1S/C36H38O4Si2/c1-9-35(37,27-11-19-31(39-3)20-12-27)29-15-23-33(24-16-29)41(5,6)42(7,8)34-25-17-30(18-26-34)36(38,10-2)28-13-21-32(40-4)22-14-28/h1-2,11-26,37-38H,3-8H3. The molecule has 0 aliphatic carbocycles. The zero-order valence-corrected chi connectivity index (χ0v) is 27.1. The Labute approximate surface area is 251 Å². The average Bonchev–Trinajstić information content (AvgIpc) is 3.04. The van der Waals surface area contributed by atoms with E-state index in [4.69, 9.17) is 22.3 Å². The minimum atomic E-state index is -2.01. The van der Waals surface area contributed by atoms with Crippen molar-refractivity contribution in [3.05, 3.63) is 119 Å². The molecule has 0 amide bonds. The number of terminal acetylenes is 2. The summed E-state index contributed by atoms with van der Waals surface area (Å²) in [7, 11) is -0.805. The summed E-state index contributed by atoms with van der Waals surface area (Å²) in [6, 6.07) is 30.6. The monoisotopic (exact) mass is 590 g/mol. The highest BCUT2D eigenvalue weighted by Gasteiger charge is 2.44. The van der Waals surface area contributed by atoms with Crippen molar-refractivity contribution in [3.63, 3.8) is 0 Å². The van der Waals surface area contributed by atoms with E-state index in [1.54, 1.807) is 62.8 Å². The highest BCUT2D eigenvalue weighted by molar-refractivity contribution is 7.49. The van der Waals surface area contributed by atoms with E-state index in [-0.39, 0.29) is 0 Å². The van der Waals surface area contributed by atoms with Crippen molar-refractivity contribution in [2.24, 2.45) is 0 Å². The molecule has 0 heterocycles. The second-order valence-electron chi connectivity index (χ2n) is 11.6. The number of rotatable bonds is 9. The minimum absolute atomic E-state index is 0.617. The van der Waals surface area contributed by atoms with E-state index in [9.17, 15) is 10.2 Å². The van der Waals surface area contributed by atoms with E-state index >= 15 is 0 Å². The maximum Gasteiger partial charge on any atom is 0.176 e. The van der Waals surface area contributed by atoms with Gasteiger partial charge in [-0.15, -0.1) is 12.8 Å². The fourth-order valence-electron chi connectivity index (χ4n) is 5.31. The fourth-order valence-corrected chi connectivity index (χ4v) is 14.1. The van der Waals surface area contributed by atoms with E-state index in [0.717, 1.165) is 0 Å². The molecule has 0 aliphatic rings. The van der Waals surface area contributed by atoms with Crippen molar-refractivity contribution in [2.75, 3.05) is 14.2 Å². The van der Waals surface area contributed by atoms with Crippen LogP contribution >= 0.6 is 0 Å². The Morgan fingerprint density at radius 1 is 0.500 bits per heavy atom. The summed E-state index contributed by atoms with van der Waals surface area (Å²) < 4.78 is 10.5. The molecule has 4 aromatic rings. The highest BCUT2D eigenvalue weighted by atomic mass is 29.3. The van der Waals surface area contributed by atoms with Gasteiger partial charge in [0.05, 0.1) is 29.4 Å². The SMILES string of the molecule is C#CC(O)(c1ccc(OC)cc1)c1ccc([Si](C)(C)[Si](C)(C)c2ccc(C(O)(C#C)c3ccc(OC)cc3)cc2)cc1. The lowest BCUT2D eigenvalue weighted by Crippen LogP contribution is -2.69. The first-order valence-corrected chi connectivity index (χ1v) is 20.8. The van der Waals surface area contributed by atoms with E-state index in [1.165, 1.54) is 10.4 Å². The second kappa shape index (κ2) is 11.7. The summed E-state index contributed by atoms with van der Waals surface area (Å²) in [6.45, 7) is 9.59. The predicted octanol–water partition coefficient (Wildman–Crippen LogP) is 5.05. The maximum absolute atomic E-state index is 11.5. The number of methoxy groups -OCH3 is 2. The van der Waals surface area contributed by atoms with Crippen LogP contribution < -0.4 is 19.8 Å². The van der Waals surface area contributed by atoms with Crippen LogP contribution in [0.3, 0.4) is 0 Å². The summed E-state index contributed by atoms with van der Waals surface area (Å²) in [5.41, 5.74) is -0.550. The number of hydrogen-bond donors (Lipinski definition) is 2. The van der Waals surface area contributed by atoms with Crippen molar-refractivity contribution in [2.45, 2.75) is 37.4 Å². The van der Waals surface area contributed by atoms with Gasteiger partial charge in [0.1, 0.15) is 11.5 Å². The summed E-state index contributed by atoms with van der Waals surface area (Å²) in [5, 5.41) is 25.5. The van der Waals surface area contributed by atoms with E-state index in [0.29, 0.717) is 33.8 Å². The highest BCUT2D eigenvalue weighted by Crippen LogP contribution is 2.32. The van der Waals surface area contributed by atoms with Gasteiger partial charge in [0.15, 0.2) is 11.2 Å². The first-order chi connectivity index (χ1) is 19.9. The topological polar surface area (TPSA) is 58.9 Å². The first kappa shape index (κ1) is 30.9. The van der Waals surface area contributed by atoms with Gasteiger partial charge in [-0.3, -0.25) is 0 Å². The second-order valence-corrected chi connectivity index (χ2v) is 26.7. The van der Waals surface area contributed by atoms with Crippen LogP contribution in [0.5, 0.6) is 11.5 Å². The normalized spacial score (nSPS) is 14.5. The molecule has 2 N–H and O–H groups in total. The number of benzene rings is 4. The Morgan fingerprint density at radius 2 is 0.738 bits per heavy atom. The van der Waals surface area contributed by atoms with E-state index in [1.807, 2.05) is 24.3 Å². The van der Waals surface area contributed by atoms with Crippen LogP contribution in [0.2, 0.25) is 26.2 Å². The third-order valence-corrected chi connectivity index (χ3v) is 26.8. The number of hydrogen-bond acceptors (Lipinski definition) is 4. The first-order valence-electron chi connectivity index (χ1n) is 13.8. The lowest BCUT2D eigenvalue weighted by molar-refractivity contribution is 0.145. The molecule has 4 nitrogen and oxygen atoms in total. The number of ether oxygens (including phenoxy) is 2. The van der Waals surface area contributed by atoms with Crippen LogP contribution in [0.15, 0.2) is 97.1 Å². The lowest BCUT2D eigenvalue weighted by Gasteiger charge is -2.40. The number of aliphatic hydroxyl groups is 2. The van der Waals surface area contributed by atoms with Crippen LogP contribution in [0.25, 0.3) is 0 Å². The van der Waals surface area contributed by atoms with Gasteiger partial charge in [-0.1, -0.05) is 121 Å². The third-order valence-electron chi connectivity index (χ3n) is 9.04. The molecular formula is C36H38O4Si2. The summed E-state index contributed by atoms with van der Waals surface area (Å²) >= 11 is 0. The average molecular weight is 591 g/mol. The van der Waals surface area contributed by atoms with Gasteiger partial charge in [0, 0.05) is 22.3 Å². The molecule has 0 saturated carbocycles. The molecule has 2 atom stereocenters. The molecule has 0 saturated heterocycles. The zero-order valence-electron chi connectivity index (χ0n) is 25.1. The molecule has 4 rings (SSSR count). The molecule has 2 unspecified atom stereocenters. The molecule has 0 aromatic heterocycles. The van der Waals surface area contributed by atoms with Gasteiger partial charge in [0.2, 0.25) is 0 Å². The molecule has 214 valence electrons. The lowest BCUT2D eigenvalue weighted by atomic mass is 9.87. The summed E-state index contributed by atoms with van der Waals surface area (Å²) in [4.78, 5) is 0. The molecule has 0 radical (unpaired) electrons. The molecule has 0 fully saturated rings. The van der Waals surface area contributed by atoms with Crippen molar-refractivity contribution >= 4 is 25.6 Å². The van der Waals surface area contributed by atoms with Gasteiger partial charge < -0.3 is 19.7 Å². The summed E-state index contributed by atoms with van der Waals surface area (Å²) in [5.74, 6) is 6.59. The molecule has 0 bridgehead atoms. The zero-order chi connectivity index (χ0) is 30.8. The fraction of sp³-hybridized carbons (Fsp3) is 0.222. The largest absolute Gasteiger partial charge is 0.497 e. The third kappa shape index (κ3) is 5.31. The van der Waals surface area contributed by atoms with Gasteiger partial charge in [0.25, 0.3) is 0 Å². The van der Waals surface area contributed by atoms with Crippen molar-refractivity contribution in [1.82, 2.24) is 0 Å². The van der Waals surface area contributed by atoms with Gasteiger partial charge in [-0.2, -0.15) is 0 Å². The maximum atomic E-state index is 11.5. The van der Waals surface area contributed by atoms with Crippen LogP contribution in [-0.2, 0) is 11.2 Å². The molecule has 4 aromatic carbocycles. The van der Waals surface area contributed by atoms with E-state index < -0.39 is 26.4 Å². The molecule has 0 spiro atoms. The smallest absolute Gasteiger partial charge is 0.176 e. The van der Waals surface area contributed by atoms with Crippen LogP contribution in [0, 0.1) is 24.7 Å². The Hall–Kier alpha value is -4.05. The van der Waals surface area contributed by atoms with Crippen molar-refractivity contribution in [3.8, 4) is 36.2 Å². The molecular weight excluding hydrogens is 553 g/mol. The van der Waals surface area contributed by atoms with Crippen molar-refractivity contribution in [1.29, 1.82) is 0 Å². The Balaban J connectivity index is 1.63. The van der Waals surface area contributed by atoms with E-state index in [2.05, 4.69) is 62.3 Å². The molecule has 42 heavy (non-hydrogen) atoms. The summed E-state index contributed by atoms with van der Waals surface area (Å²) in [6.07, 6.45) is 11.7. The molecule has 0 aliphatic heterocycles. The van der Waals surface area contributed by atoms with Crippen LogP contribution in [0.4, 0.5) is 0 Å². The van der Waals surface area contributed by atoms with Gasteiger partial charge in [-0.25, -0.2) is 0 Å². The van der Waals surface area contributed by atoms with Crippen LogP contribution in [-0.4, -0.2) is 39.6 Å². The quantitative estimate of drug-likeness (QED) is 0.212. The van der Waals surface area contributed by atoms with Gasteiger partial charge >= 0.3 is 0 Å². The Bertz CT molecular complexity index is 1490. The predicted molar refractivity (Wildman–Crippen MR) is 177 cm³/mol.